The monoisotopic (exact) mass is 282 g/mol. The molecule has 6 nitrogen and oxygen atoms in total. The highest BCUT2D eigenvalue weighted by atomic mass is 16.5. The predicted octanol–water partition coefficient (Wildman–Crippen LogP) is 1.77. The molecule has 0 bridgehead atoms. The molecule has 1 rings (SSSR count). The second kappa shape index (κ2) is 7.99. The maximum Gasteiger partial charge on any atom is 0.326 e. The minimum Gasteiger partial charge on any atom is -0.465 e. The molecule has 0 radical (unpaired) electrons. The van der Waals surface area contributed by atoms with Gasteiger partial charge in [0.05, 0.1) is 6.61 Å². The third kappa shape index (κ3) is 5.28. The van der Waals surface area contributed by atoms with Crippen molar-refractivity contribution in [1.29, 1.82) is 0 Å². The van der Waals surface area contributed by atoms with Crippen molar-refractivity contribution in [2.75, 3.05) is 6.61 Å². The number of rotatable bonds is 9. The van der Waals surface area contributed by atoms with Crippen molar-refractivity contribution in [3.63, 3.8) is 0 Å². The molecule has 0 aliphatic carbocycles. The van der Waals surface area contributed by atoms with Crippen LogP contribution in [0.15, 0.2) is 12.7 Å². The molecule has 0 fully saturated rings. The zero-order valence-electron chi connectivity index (χ0n) is 12.9. The Morgan fingerprint density at radius 3 is 2.75 bits per heavy atom. The van der Waals surface area contributed by atoms with Gasteiger partial charge in [0.1, 0.15) is 18.2 Å². The first-order valence-electron chi connectivity index (χ1n) is 7.25. The second-order valence-electron chi connectivity index (χ2n) is 5.47. The van der Waals surface area contributed by atoms with E-state index in [9.17, 15) is 4.79 Å². The SMILES string of the molecule is CCOC(=O)C(C)(CCCCn1cncn1)NC(C)C. The molecule has 114 valence electrons. The van der Waals surface area contributed by atoms with Crippen LogP contribution >= 0.6 is 0 Å². The fourth-order valence-electron chi connectivity index (χ4n) is 2.26. The Bertz CT molecular complexity index is 392. The summed E-state index contributed by atoms with van der Waals surface area (Å²) >= 11 is 0. The molecule has 0 amide bonds. The summed E-state index contributed by atoms with van der Waals surface area (Å²) in [5.41, 5.74) is -0.619. The highest BCUT2D eigenvalue weighted by molar-refractivity contribution is 5.80. The normalized spacial score (nSPS) is 14.2. The number of unbranched alkanes of at least 4 members (excludes halogenated alkanes) is 1. The first-order valence-corrected chi connectivity index (χ1v) is 7.25. The standard InChI is InChI=1S/C14H26N4O2/c1-5-20-13(19)14(4,17-12(2)3)8-6-7-9-18-11-15-10-16-18/h10-12,17H,5-9H2,1-4H3. The molecule has 1 N–H and O–H groups in total. The number of aryl methyl sites for hydroxylation is 1. The van der Waals surface area contributed by atoms with Crippen molar-refractivity contribution in [2.24, 2.45) is 0 Å². The molecule has 1 heterocycles. The van der Waals surface area contributed by atoms with Crippen LogP contribution in [0.4, 0.5) is 0 Å². The van der Waals surface area contributed by atoms with Crippen LogP contribution in [0.2, 0.25) is 0 Å². The highest BCUT2D eigenvalue weighted by Gasteiger charge is 2.34. The summed E-state index contributed by atoms with van der Waals surface area (Å²) in [5.74, 6) is -0.172. The van der Waals surface area contributed by atoms with E-state index in [2.05, 4.69) is 15.4 Å². The third-order valence-electron chi connectivity index (χ3n) is 3.11. The molecule has 1 atom stereocenters. The van der Waals surface area contributed by atoms with Gasteiger partial charge in [-0.3, -0.25) is 14.8 Å². The van der Waals surface area contributed by atoms with Gasteiger partial charge >= 0.3 is 5.97 Å². The van der Waals surface area contributed by atoms with Crippen LogP contribution in [0.1, 0.15) is 47.0 Å². The largest absolute Gasteiger partial charge is 0.465 e. The zero-order valence-corrected chi connectivity index (χ0v) is 12.9. The van der Waals surface area contributed by atoms with Gasteiger partial charge in [-0.1, -0.05) is 0 Å². The van der Waals surface area contributed by atoms with Crippen molar-refractivity contribution in [3.8, 4) is 0 Å². The lowest BCUT2D eigenvalue weighted by molar-refractivity contribution is -0.151. The van der Waals surface area contributed by atoms with Crippen LogP contribution < -0.4 is 5.32 Å². The van der Waals surface area contributed by atoms with Gasteiger partial charge < -0.3 is 4.74 Å². The third-order valence-corrected chi connectivity index (χ3v) is 3.11. The van der Waals surface area contributed by atoms with E-state index in [1.54, 1.807) is 11.0 Å². The topological polar surface area (TPSA) is 69.0 Å². The smallest absolute Gasteiger partial charge is 0.326 e. The van der Waals surface area contributed by atoms with Crippen LogP contribution in [0.5, 0.6) is 0 Å². The molecule has 0 saturated heterocycles. The molecule has 0 saturated carbocycles. The maximum absolute atomic E-state index is 12.1. The minimum absolute atomic E-state index is 0.172. The summed E-state index contributed by atoms with van der Waals surface area (Å²) in [6, 6.07) is 0.236. The number of aromatic nitrogens is 3. The number of carbonyl (C=O) groups excluding carboxylic acids is 1. The molecule has 0 aliphatic heterocycles. The van der Waals surface area contributed by atoms with Crippen LogP contribution in [0, 0.1) is 0 Å². The fourth-order valence-corrected chi connectivity index (χ4v) is 2.26. The van der Waals surface area contributed by atoms with Gasteiger partial charge in [-0.15, -0.1) is 0 Å². The Labute approximate surface area is 120 Å². The summed E-state index contributed by atoms with van der Waals surface area (Å²) < 4.78 is 6.99. The molecular formula is C14H26N4O2. The Hall–Kier alpha value is -1.43. The zero-order chi connectivity index (χ0) is 15.0. The average molecular weight is 282 g/mol. The number of esters is 1. The molecular weight excluding hydrogens is 256 g/mol. The fraction of sp³-hybridized carbons (Fsp3) is 0.786. The predicted molar refractivity (Wildman–Crippen MR) is 77.2 cm³/mol. The van der Waals surface area contributed by atoms with E-state index < -0.39 is 5.54 Å². The van der Waals surface area contributed by atoms with Crippen molar-refractivity contribution < 1.29 is 9.53 Å². The molecule has 6 heteroatoms. The van der Waals surface area contributed by atoms with Gasteiger partial charge in [0.2, 0.25) is 0 Å². The van der Waals surface area contributed by atoms with Gasteiger partial charge in [0, 0.05) is 12.6 Å². The Kier molecular flexibility index (Phi) is 6.64. The van der Waals surface area contributed by atoms with Crippen LogP contribution in [0.25, 0.3) is 0 Å². The first kappa shape index (κ1) is 16.6. The lowest BCUT2D eigenvalue weighted by Crippen LogP contribution is -2.53. The molecule has 0 spiro atoms. The van der Waals surface area contributed by atoms with Crippen molar-refractivity contribution >= 4 is 5.97 Å². The number of hydrogen-bond acceptors (Lipinski definition) is 5. The second-order valence-corrected chi connectivity index (χ2v) is 5.47. The minimum atomic E-state index is -0.619. The Balaban J connectivity index is 2.45. The number of ether oxygens (including phenoxy) is 1. The molecule has 1 aromatic rings. The number of carbonyl (C=O) groups is 1. The van der Waals surface area contributed by atoms with Crippen LogP contribution in [0.3, 0.4) is 0 Å². The van der Waals surface area contributed by atoms with Gasteiger partial charge in [-0.25, -0.2) is 4.98 Å². The highest BCUT2D eigenvalue weighted by Crippen LogP contribution is 2.17. The van der Waals surface area contributed by atoms with E-state index in [4.69, 9.17) is 4.74 Å². The van der Waals surface area contributed by atoms with E-state index in [1.807, 2.05) is 27.7 Å². The van der Waals surface area contributed by atoms with E-state index in [0.717, 1.165) is 25.8 Å². The molecule has 1 unspecified atom stereocenters. The molecule has 1 aromatic heterocycles. The van der Waals surface area contributed by atoms with E-state index in [-0.39, 0.29) is 12.0 Å². The molecule has 0 aliphatic rings. The Morgan fingerprint density at radius 2 is 2.20 bits per heavy atom. The lowest BCUT2D eigenvalue weighted by atomic mass is 9.94. The Morgan fingerprint density at radius 1 is 1.45 bits per heavy atom. The maximum atomic E-state index is 12.1. The van der Waals surface area contributed by atoms with Gasteiger partial charge in [0.15, 0.2) is 0 Å². The summed E-state index contributed by atoms with van der Waals surface area (Å²) in [6.07, 6.45) is 5.87. The number of nitrogens with one attached hydrogen (secondary N) is 1. The summed E-state index contributed by atoms with van der Waals surface area (Å²) in [7, 11) is 0. The number of hydrogen-bond donors (Lipinski definition) is 1. The van der Waals surface area contributed by atoms with Gasteiger partial charge in [-0.05, 0) is 47.0 Å². The average Bonchev–Trinajstić information content (AvgIpc) is 2.87. The van der Waals surface area contributed by atoms with Gasteiger partial charge in [-0.2, -0.15) is 5.10 Å². The van der Waals surface area contributed by atoms with Crippen molar-refractivity contribution in [1.82, 2.24) is 20.1 Å². The van der Waals surface area contributed by atoms with Gasteiger partial charge in [0.25, 0.3) is 0 Å². The van der Waals surface area contributed by atoms with E-state index >= 15 is 0 Å². The molecule has 0 aromatic carbocycles. The quantitative estimate of drug-likeness (QED) is 0.552. The first-order chi connectivity index (χ1) is 9.48. The van der Waals surface area contributed by atoms with Crippen LogP contribution in [-0.2, 0) is 16.1 Å². The summed E-state index contributed by atoms with van der Waals surface area (Å²) in [4.78, 5) is 16.0. The van der Waals surface area contributed by atoms with Crippen molar-refractivity contribution in [2.45, 2.75) is 65.1 Å². The van der Waals surface area contributed by atoms with E-state index in [0.29, 0.717) is 6.61 Å². The number of nitrogens with zero attached hydrogens (tertiary/aromatic N) is 3. The van der Waals surface area contributed by atoms with E-state index in [1.165, 1.54) is 6.33 Å². The molecule has 20 heavy (non-hydrogen) atoms. The summed E-state index contributed by atoms with van der Waals surface area (Å²) in [5, 5.41) is 7.39. The summed E-state index contributed by atoms with van der Waals surface area (Å²) in [6.45, 7) is 9.05. The van der Waals surface area contributed by atoms with Crippen LogP contribution in [-0.4, -0.2) is 38.9 Å². The lowest BCUT2D eigenvalue weighted by Gasteiger charge is -2.30. The van der Waals surface area contributed by atoms with Crippen molar-refractivity contribution in [3.05, 3.63) is 12.7 Å².